The van der Waals surface area contributed by atoms with Gasteiger partial charge in [-0.3, -0.25) is 0 Å². The molecule has 0 saturated heterocycles. The van der Waals surface area contributed by atoms with Crippen LogP contribution in [-0.2, 0) is 16.3 Å². The maximum absolute atomic E-state index is 11.7. The fraction of sp³-hybridized carbons (Fsp3) is 0.652. The molecule has 2 aliphatic carbocycles. The van der Waals surface area contributed by atoms with Crippen LogP contribution in [0.1, 0.15) is 76.7 Å². The second-order valence-corrected chi connectivity index (χ2v) is 10.5. The first-order valence-electron chi connectivity index (χ1n) is 10.4. The highest BCUT2D eigenvalue weighted by Gasteiger charge is 2.27. The van der Waals surface area contributed by atoms with E-state index in [0.29, 0.717) is 4.90 Å². The molecule has 2 nitrogen and oxygen atoms in total. The Balaban J connectivity index is 1.83. The first-order chi connectivity index (χ1) is 12.4. The average molecular weight is 375 g/mol. The molecule has 0 heterocycles. The summed E-state index contributed by atoms with van der Waals surface area (Å²) >= 11 is 0. The summed E-state index contributed by atoms with van der Waals surface area (Å²) in [5, 5.41) is 0. The molecule has 0 radical (unpaired) electrons. The molecule has 0 amide bonds. The number of rotatable bonds is 5. The minimum absolute atomic E-state index is 0.419. The Labute approximate surface area is 160 Å². The fourth-order valence-electron chi connectivity index (χ4n) is 5.12. The van der Waals surface area contributed by atoms with Crippen LogP contribution in [-0.4, -0.2) is 14.7 Å². The van der Waals surface area contributed by atoms with Crippen LogP contribution in [0.4, 0.5) is 0 Å². The van der Waals surface area contributed by atoms with Crippen molar-refractivity contribution >= 4 is 9.84 Å². The lowest BCUT2D eigenvalue weighted by atomic mass is 9.71. The highest BCUT2D eigenvalue weighted by Crippen LogP contribution is 2.41. The number of hydrogen-bond donors (Lipinski definition) is 0. The van der Waals surface area contributed by atoms with E-state index in [0.717, 1.165) is 18.3 Å². The molecule has 0 bridgehead atoms. The molecule has 0 atom stereocenters. The SMILES string of the molecule is CC(Cc1ccc(S(C)(=O)=O)cc1)=C(C1CCCCC1)C1CCCCC1. The van der Waals surface area contributed by atoms with Gasteiger partial charge in [0.2, 0.25) is 0 Å². The summed E-state index contributed by atoms with van der Waals surface area (Å²) in [5.74, 6) is 1.59. The summed E-state index contributed by atoms with van der Waals surface area (Å²) in [4.78, 5) is 0.419. The van der Waals surface area contributed by atoms with Gasteiger partial charge in [-0.05, 0) is 68.6 Å². The first kappa shape index (κ1) is 19.7. The van der Waals surface area contributed by atoms with Crippen LogP contribution in [0.25, 0.3) is 0 Å². The Hall–Kier alpha value is -1.09. The summed E-state index contributed by atoms with van der Waals surface area (Å²) < 4.78 is 23.4. The van der Waals surface area contributed by atoms with Gasteiger partial charge < -0.3 is 0 Å². The van der Waals surface area contributed by atoms with Gasteiger partial charge in [0.05, 0.1) is 4.90 Å². The van der Waals surface area contributed by atoms with Crippen LogP contribution in [0.3, 0.4) is 0 Å². The highest BCUT2D eigenvalue weighted by molar-refractivity contribution is 7.90. The summed E-state index contributed by atoms with van der Waals surface area (Å²) in [5.41, 5.74) is 4.56. The third kappa shape index (κ3) is 5.00. The summed E-state index contributed by atoms with van der Waals surface area (Å²) in [6, 6.07) is 7.52. The van der Waals surface area contributed by atoms with E-state index in [-0.39, 0.29) is 0 Å². The normalized spacial score (nSPS) is 20.1. The van der Waals surface area contributed by atoms with E-state index in [1.54, 1.807) is 23.3 Å². The third-order valence-electron chi connectivity index (χ3n) is 6.40. The minimum atomic E-state index is -3.11. The van der Waals surface area contributed by atoms with Gasteiger partial charge >= 0.3 is 0 Å². The highest BCUT2D eigenvalue weighted by atomic mass is 32.2. The lowest BCUT2D eigenvalue weighted by molar-refractivity contribution is 0.322. The van der Waals surface area contributed by atoms with Crippen LogP contribution in [0.2, 0.25) is 0 Å². The monoisotopic (exact) mass is 374 g/mol. The van der Waals surface area contributed by atoms with Crippen LogP contribution >= 0.6 is 0 Å². The number of hydrogen-bond acceptors (Lipinski definition) is 2. The van der Waals surface area contributed by atoms with Gasteiger partial charge in [0.15, 0.2) is 9.84 Å². The standard InChI is InChI=1S/C23H34O2S/c1-18(17-19-13-15-22(16-14-19)26(2,24)25)23(20-9-5-3-6-10-20)21-11-7-4-8-12-21/h13-16,20-21H,3-12,17H2,1-2H3. The zero-order valence-corrected chi connectivity index (χ0v) is 17.3. The largest absolute Gasteiger partial charge is 0.224 e. The smallest absolute Gasteiger partial charge is 0.175 e. The van der Waals surface area contributed by atoms with Gasteiger partial charge in [0.25, 0.3) is 0 Å². The number of sulfone groups is 1. The Morgan fingerprint density at radius 1 is 0.846 bits per heavy atom. The van der Waals surface area contributed by atoms with E-state index in [1.165, 1.54) is 76.0 Å². The van der Waals surface area contributed by atoms with Crippen molar-refractivity contribution in [1.29, 1.82) is 0 Å². The second kappa shape index (κ2) is 8.73. The molecule has 0 unspecified atom stereocenters. The summed E-state index contributed by atoms with van der Waals surface area (Å²) in [6.07, 6.45) is 16.1. The van der Waals surface area contributed by atoms with E-state index < -0.39 is 9.84 Å². The summed E-state index contributed by atoms with van der Waals surface area (Å²) in [7, 11) is -3.11. The predicted molar refractivity (Wildman–Crippen MR) is 109 cm³/mol. The molecule has 2 fully saturated rings. The minimum Gasteiger partial charge on any atom is -0.224 e. The van der Waals surface area contributed by atoms with Crippen molar-refractivity contribution in [2.75, 3.05) is 6.26 Å². The lowest BCUT2D eigenvalue weighted by Gasteiger charge is -2.34. The van der Waals surface area contributed by atoms with E-state index in [2.05, 4.69) is 6.92 Å². The molecule has 1 aromatic rings. The van der Waals surface area contributed by atoms with E-state index >= 15 is 0 Å². The predicted octanol–water partition coefficient (Wildman–Crippen LogP) is 6.11. The molecular formula is C23H34O2S. The molecule has 3 heteroatoms. The average Bonchev–Trinajstić information content (AvgIpc) is 2.63. The molecule has 2 aliphatic rings. The Bertz CT molecular complexity index is 696. The molecule has 144 valence electrons. The van der Waals surface area contributed by atoms with E-state index in [1.807, 2.05) is 12.1 Å². The molecule has 2 saturated carbocycles. The zero-order valence-electron chi connectivity index (χ0n) is 16.5. The van der Waals surface area contributed by atoms with Crippen molar-refractivity contribution in [3.05, 3.63) is 41.0 Å². The maximum Gasteiger partial charge on any atom is 0.175 e. The maximum atomic E-state index is 11.7. The van der Waals surface area contributed by atoms with Gasteiger partial charge in [-0.2, -0.15) is 0 Å². The van der Waals surface area contributed by atoms with Gasteiger partial charge in [-0.25, -0.2) is 8.42 Å². The van der Waals surface area contributed by atoms with Crippen molar-refractivity contribution in [3.63, 3.8) is 0 Å². The van der Waals surface area contributed by atoms with Crippen LogP contribution < -0.4 is 0 Å². The van der Waals surface area contributed by atoms with Crippen molar-refractivity contribution in [2.45, 2.75) is 82.4 Å². The van der Waals surface area contributed by atoms with Crippen LogP contribution in [0, 0.1) is 11.8 Å². The quantitative estimate of drug-likeness (QED) is 0.583. The number of allylic oxidation sites excluding steroid dienone is 2. The molecule has 1 aromatic carbocycles. The fourth-order valence-corrected chi connectivity index (χ4v) is 5.75. The zero-order chi connectivity index (χ0) is 18.6. The van der Waals surface area contributed by atoms with Crippen molar-refractivity contribution in [3.8, 4) is 0 Å². The molecule has 0 spiro atoms. The molecule has 0 aliphatic heterocycles. The van der Waals surface area contributed by atoms with E-state index in [9.17, 15) is 8.42 Å². The Morgan fingerprint density at radius 2 is 1.31 bits per heavy atom. The molecule has 26 heavy (non-hydrogen) atoms. The van der Waals surface area contributed by atoms with Gasteiger partial charge in [0.1, 0.15) is 0 Å². The Morgan fingerprint density at radius 3 is 1.73 bits per heavy atom. The van der Waals surface area contributed by atoms with Gasteiger partial charge in [0, 0.05) is 6.26 Å². The second-order valence-electron chi connectivity index (χ2n) is 8.50. The van der Waals surface area contributed by atoms with Gasteiger partial charge in [-0.15, -0.1) is 0 Å². The molecule has 0 N–H and O–H groups in total. The summed E-state index contributed by atoms with van der Waals surface area (Å²) in [6.45, 7) is 2.34. The van der Waals surface area contributed by atoms with Crippen molar-refractivity contribution < 1.29 is 8.42 Å². The molecule has 3 rings (SSSR count). The van der Waals surface area contributed by atoms with Crippen molar-refractivity contribution in [2.24, 2.45) is 11.8 Å². The topological polar surface area (TPSA) is 34.1 Å². The third-order valence-corrected chi connectivity index (χ3v) is 7.53. The number of benzene rings is 1. The van der Waals surface area contributed by atoms with Crippen LogP contribution in [0.15, 0.2) is 40.3 Å². The first-order valence-corrected chi connectivity index (χ1v) is 12.3. The molecular weight excluding hydrogens is 340 g/mol. The van der Waals surface area contributed by atoms with E-state index in [4.69, 9.17) is 0 Å². The lowest BCUT2D eigenvalue weighted by Crippen LogP contribution is -2.20. The van der Waals surface area contributed by atoms with Gasteiger partial charge in [-0.1, -0.05) is 61.8 Å². The van der Waals surface area contributed by atoms with Crippen LogP contribution in [0.5, 0.6) is 0 Å². The molecule has 0 aromatic heterocycles. The Kier molecular flexibility index (Phi) is 6.60. The van der Waals surface area contributed by atoms with Crippen molar-refractivity contribution in [1.82, 2.24) is 0 Å².